The second-order valence-corrected chi connectivity index (χ2v) is 4.29. The van der Waals surface area contributed by atoms with Crippen LogP contribution in [0.1, 0.15) is 24.1 Å². The molecule has 6 nitrogen and oxygen atoms in total. The van der Waals surface area contributed by atoms with Gasteiger partial charge < -0.3 is 5.32 Å². The molecule has 0 amide bonds. The van der Waals surface area contributed by atoms with Gasteiger partial charge in [0.15, 0.2) is 0 Å². The summed E-state index contributed by atoms with van der Waals surface area (Å²) in [5.41, 5.74) is 1.68. The summed E-state index contributed by atoms with van der Waals surface area (Å²) < 4.78 is 0. The molecule has 2 aromatic rings. The van der Waals surface area contributed by atoms with Crippen LogP contribution in [-0.4, -0.2) is 14.9 Å². The zero-order chi connectivity index (χ0) is 13.8. The fourth-order valence-electron chi connectivity index (χ4n) is 1.72. The van der Waals surface area contributed by atoms with Gasteiger partial charge in [-0.05, 0) is 31.0 Å². The van der Waals surface area contributed by atoms with Crippen LogP contribution in [0.4, 0.5) is 11.5 Å². The minimum atomic E-state index is -0.432. The summed E-state index contributed by atoms with van der Waals surface area (Å²) in [4.78, 5) is 18.7. The van der Waals surface area contributed by atoms with E-state index in [1.54, 1.807) is 25.5 Å². The lowest BCUT2D eigenvalue weighted by molar-refractivity contribution is -0.384. The lowest BCUT2D eigenvalue weighted by Crippen LogP contribution is -2.10. The van der Waals surface area contributed by atoms with Crippen LogP contribution in [0.5, 0.6) is 0 Å². The summed E-state index contributed by atoms with van der Waals surface area (Å²) in [6.45, 7) is 3.68. The third kappa shape index (κ3) is 3.04. The third-order valence-corrected chi connectivity index (χ3v) is 2.74. The molecular formula is C13H14N4O2. The van der Waals surface area contributed by atoms with Crippen LogP contribution < -0.4 is 5.32 Å². The third-order valence-electron chi connectivity index (χ3n) is 2.74. The highest BCUT2D eigenvalue weighted by Gasteiger charge is 2.17. The predicted octanol–water partition coefficient (Wildman–Crippen LogP) is 2.87. The largest absolute Gasteiger partial charge is 0.358 e. The summed E-state index contributed by atoms with van der Waals surface area (Å²) in [5, 5.41) is 14.0. The van der Waals surface area contributed by atoms with Gasteiger partial charge in [-0.3, -0.25) is 15.1 Å². The van der Waals surface area contributed by atoms with E-state index >= 15 is 0 Å². The average molecular weight is 258 g/mol. The normalized spacial score (nSPS) is 11.9. The molecule has 1 unspecified atom stereocenters. The topological polar surface area (TPSA) is 81.0 Å². The van der Waals surface area contributed by atoms with Crippen LogP contribution >= 0.6 is 0 Å². The number of aryl methyl sites for hydroxylation is 1. The molecule has 2 rings (SSSR count). The van der Waals surface area contributed by atoms with Gasteiger partial charge in [0.2, 0.25) is 5.82 Å². The minimum absolute atomic E-state index is 0.0178. The maximum atomic E-state index is 11.0. The summed E-state index contributed by atoms with van der Waals surface area (Å²) in [7, 11) is 0. The summed E-state index contributed by atoms with van der Waals surface area (Å²) in [5.74, 6) is 0.270. The monoisotopic (exact) mass is 258 g/mol. The molecule has 0 spiro atoms. The maximum absolute atomic E-state index is 11.0. The van der Waals surface area contributed by atoms with Crippen molar-refractivity contribution < 1.29 is 4.92 Å². The van der Waals surface area contributed by atoms with Crippen molar-refractivity contribution in [2.75, 3.05) is 5.32 Å². The SMILES string of the molecule is Cc1cnc(NC(C)c2cccnc2)c([N+](=O)[O-])c1. The Bertz CT molecular complexity index is 586. The van der Waals surface area contributed by atoms with Crippen LogP contribution in [0.3, 0.4) is 0 Å². The second kappa shape index (κ2) is 5.43. The second-order valence-electron chi connectivity index (χ2n) is 4.29. The Morgan fingerprint density at radius 2 is 2.21 bits per heavy atom. The number of nitro groups is 1. The van der Waals surface area contributed by atoms with Gasteiger partial charge in [-0.1, -0.05) is 6.07 Å². The fraction of sp³-hybridized carbons (Fsp3) is 0.231. The van der Waals surface area contributed by atoms with Gasteiger partial charge in [-0.15, -0.1) is 0 Å². The molecule has 98 valence electrons. The van der Waals surface area contributed by atoms with Gasteiger partial charge in [0.1, 0.15) is 0 Å². The predicted molar refractivity (Wildman–Crippen MR) is 71.9 cm³/mol. The lowest BCUT2D eigenvalue weighted by Gasteiger charge is -2.14. The summed E-state index contributed by atoms with van der Waals surface area (Å²) >= 11 is 0. The van der Waals surface area contributed by atoms with E-state index in [2.05, 4.69) is 15.3 Å². The molecular weight excluding hydrogens is 244 g/mol. The first-order chi connectivity index (χ1) is 9.08. The van der Waals surface area contributed by atoms with Crippen LogP contribution in [0.25, 0.3) is 0 Å². The van der Waals surface area contributed by atoms with E-state index in [4.69, 9.17) is 0 Å². The Labute approximate surface area is 110 Å². The Balaban J connectivity index is 2.26. The lowest BCUT2D eigenvalue weighted by atomic mass is 10.1. The van der Waals surface area contributed by atoms with Gasteiger partial charge in [0.25, 0.3) is 0 Å². The number of rotatable bonds is 4. The van der Waals surface area contributed by atoms with E-state index in [-0.39, 0.29) is 17.5 Å². The molecule has 0 aliphatic carbocycles. The Morgan fingerprint density at radius 3 is 2.84 bits per heavy atom. The zero-order valence-corrected chi connectivity index (χ0v) is 10.7. The first-order valence-electron chi connectivity index (χ1n) is 5.85. The van der Waals surface area contributed by atoms with Gasteiger partial charge in [0.05, 0.1) is 11.0 Å². The molecule has 0 aliphatic rings. The highest BCUT2D eigenvalue weighted by molar-refractivity contribution is 5.57. The number of pyridine rings is 2. The van der Waals surface area contributed by atoms with E-state index in [0.717, 1.165) is 11.1 Å². The number of aromatic nitrogens is 2. The van der Waals surface area contributed by atoms with E-state index in [0.29, 0.717) is 0 Å². The Morgan fingerprint density at radius 1 is 1.42 bits per heavy atom. The number of hydrogen-bond donors (Lipinski definition) is 1. The zero-order valence-electron chi connectivity index (χ0n) is 10.7. The molecule has 1 N–H and O–H groups in total. The number of hydrogen-bond acceptors (Lipinski definition) is 5. The van der Waals surface area contributed by atoms with Crippen molar-refractivity contribution in [2.45, 2.75) is 19.9 Å². The summed E-state index contributed by atoms with van der Waals surface area (Å²) in [6, 6.07) is 5.13. The van der Waals surface area contributed by atoms with Crippen molar-refractivity contribution in [3.05, 3.63) is 58.0 Å². The van der Waals surface area contributed by atoms with Crippen molar-refractivity contribution in [1.29, 1.82) is 0 Å². The van der Waals surface area contributed by atoms with Crippen molar-refractivity contribution in [2.24, 2.45) is 0 Å². The number of nitrogens with zero attached hydrogens (tertiary/aromatic N) is 3. The highest BCUT2D eigenvalue weighted by Crippen LogP contribution is 2.26. The highest BCUT2D eigenvalue weighted by atomic mass is 16.6. The maximum Gasteiger partial charge on any atom is 0.311 e. The Hall–Kier alpha value is -2.50. The first kappa shape index (κ1) is 12.9. The fourth-order valence-corrected chi connectivity index (χ4v) is 1.72. The number of anilines is 1. The smallest absolute Gasteiger partial charge is 0.311 e. The van der Waals surface area contributed by atoms with Crippen molar-refractivity contribution in [3.63, 3.8) is 0 Å². The van der Waals surface area contributed by atoms with E-state index in [9.17, 15) is 10.1 Å². The van der Waals surface area contributed by atoms with Crippen LogP contribution in [0.15, 0.2) is 36.8 Å². The van der Waals surface area contributed by atoms with Gasteiger partial charge in [-0.25, -0.2) is 4.98 Å². The van der Waals surface area contributed by atoms with Crippen molar-refractivity contribution >= 4 is 11.5 Å². The molecule has 0 radical (unpaired) electrons. The summed E-state index contributed by atoms with van der Waals surface area (Å²) in [6.07, 6.45) is 5.01. The van der Waals surface area contributed by atoms with Crippen LogP contribution in [-0.2, 0) is 0 Å². The van der Waals surface area contributed by atoms with Crippen LogP contribution in [0.2, 0.25) is 0 Å². The molecule has 0 aromatic carbocycles. The van der Waals surface area contributed by atoms with E-state index in [1.165, 1.54) is 6.07 Å². The molecule has 2 heterocycles. The Kier molecular flexibility index (Phi) is 3.70. The molecule has 0 saturated carbocycles. The molecule has 0 fully saturated rings. The molecule has 0 aliphatic heterocycles. The average Bonchev–Trinajstić information content (AvgIpc) is 2.41. The van der Waals surface area contributed by atoms with Crippen LogP contribution in [0, 0.1) is 17.0 Å². The van der Waals surface area contributed by atoms with Crippen molar-refractivity contribution in [3.8, 4) is 0 Å². The number of nitrogens with one attached hydrogen (secondary N) is 1. The molecule has 19 heavy (non-hydrogen) atoms. The van der Waals surface area contributed by atoms with Gasteiger partial charge >= 0.3 is 5.69 Å². The minimum Gasteiger partial charge on any atom is -0.358 e. The standard InChI is InChI=1S/C13H14N4O2/c1-9-6-12(17(18)19)13(15-7-9)16-10(2)11-4-3-5-14-8-11/h3-8,10H,1-2H3,(H,15,16). The molecule has 2 aromatic heterocycles. The van der Waals surface area contributed by atoms with Crippen molar-refractivity contribution in [1.82, 2.24) is 9.97 Å². The molecule has 0 saturated heterocycles. The first-order valence-corrected chi connectivity index (χ1v) is 5.85. The quantitative estimate of drug-likeness (QED) is 0.673. The molecule has 0 bridgehead atoms. The molecule has 6 heteroatoms. The van der Waals surface area contributed by atoms with Gasteiger partial charge in [0, 0.05) is 24.7 Å². The van der Waals surface area contributed by atoms with Gasteiger partial charge in [-0.2, -0.15) is 0 Å². The van der Waals surface area contributed by atoms with E-state index in [1.807, 2.05) is 19.1 Å². The van der Waals surface area contributed by atoms with E-state index < -0.39 is 4.92 Å². The molecule has 1 atom stereocenters.